The van der Waals surface area contributed by atoms with E-state index in [0.717, 1.165) is 43.8 Å². The van der Waals surface area contributed by atoms with Crippen molar-refractivity contribution in [3.63, 3.8) is 0 Å². The van der Waals surface area contributed by atoms with E-state index in [2.05, 4.69) is 114 Å². The molecule has 0 spiro atoms. The number of rotatable bonds is 6. The summed E-state index contributed by atoms with van der Waals surface area (Å²) in [6, 6.07) is 64.8. The minimum Gasteiger partial charge on any atom is -0.308 e. The number of hydrogen-bond acceptors (Lipinski definition) is 3. The summed E-state index contributed by atoms with van der Waals surface area (Å²) >= 11 is 0. The van der Waals surface area contributed by atoms with Crippen LogP contribution in [0, 0.1) is 34.0 Å². The van der Waals surface area contributed by atoms with Gasteiger partial charge in [-0.25, -0.2) is 0 Å². The Balaban J connectivity index is 1.44. The van der Waals surface area contributed by atoms with Crippen LogP contribution < -0.4 is 20.7 Å². The molecule has 7 aromatic carbocycles. The van der Waals surface area contributed by atoms with Gasteiger partial charge in [0.15, 0.2) is 8.07 Å². The first kappa shape index (κ1) is 30.4. The van der Waals surface area contributed by atoms with Crippen LogP contribution in [0.4, 0.5) is 0 Å². The lowest BCUT2D eigenvalue weighted by atomic mass is 10.00. The Morgan fingerprint density at radius 2 is 1.02 bits per heavy atom. The Morgan fingerprint density at radius 1 is 0.440 bits per heavy atom. The summed E-state index contributed by atoms with van der Waals surface area (Å²) in [5, 5.41) is 37.6. The number of aromatic nitrogens is 1. The maximum Gasteiger partial charge on any atom is 0.181 e. The Labute approximate surface area is 291 Å². The van der Waals surface area contributed by atoms with Crippen molar-refractivity contribution in [2.75, 3.05) is 0 Å². The molecule has 8 rings (SSSR count). The van der Waals surface area contributed by atoms with Crippen LogP contribution >= 0.6 is 0 Å². The number of nitriles is 3. The molecule has 0 atom stereocenters. The van der Waals surface area contributed by atoms with Crippen molar-refractivity contribution < 1.29 is 0 Å². The van der Waals surface area contributed by atoms with Gasteiger partial charge in [0.2, 0.25) is 0 Å². The van der Waals surface area contributed by atoms with Crippen LogP contribution in [-0.4, -0.2) is 12.6 Å². The third-order valence-electron chi connectivity index (χ3n) is 9.65. The Morgan fingerprint density at radius 3 is 1.62 bits per heavy atom. The zero-order valence-corrected chi connectivity index (χ0v) is 28.0. The van der Waals surface area contributed by atoms with E-state index in [1.54, 1.807) is 0 Å². The number of benzene rings is 7. The summed E-state index contributed by atoms with van der Waals surface area (Å²) in [4.78, 5) is 0. The molecule has 1 heterocycles. The molecule has 0 aliphatic rings. The highest BCUT2D eigenvalue weighted by Gasteiger charge is 2.44. The van der Waals surface area contributed by atoms with Crippen LogP contribution in [0.15, 0.2) is 170 Å². The summed E-state index contributed by atoms with van der Waals surface area (Å²) < 4.78 is 2.11. The summed E-state index contributed by atoms with van der Waals surface area (Å²) in [5.41, 5.74) is 6.13. The topological polar surface area (TPSA) is 76.3 Å². The van der Waals surface area contributed by atoms with E-state index in [0.29, 0.717) is 16.7 Å². The van der Waals surface area contributed by atoms with E-state index in [1.807, 2.05) is 78.9 Å². The molecule has 0 bridgehead atoms. The average Bonchev–Trinajstić information content (AvgIpc) is 3.52. The first-order valence-corrected chi connectivity index (χ1v) is 18.4. The van der Waals surface area contributed by atoms with Crippen LogP contribution in [0.3, 0.4) is 0 Å². The Hall–Kier alpha value is -6.97. The predicted octanol–water partition coefficient (Wildman–Crippen LogP) is 7.44. The number of nitrogens with zero attached hydrogens (tertiary/aromatic N) is 4. The zero-order valence-electron chi connectivity index (χ0n) is 27.0. The first-order valence-electron chi connectivity index (χ1n) is 16.4. The van der Waals surface area contributed by atoms with Gasteiger partial charge in [0.05, 0.1) is 45.5 Å². The van der Waals surface area contributed by atoms with Crippen LogP contribution in [-0.2, 0) is 0 Å². The fourth-order valence-corrected chi connectivity index (χ4v) is 12.7. The normalized spacial score (nSPS) is 11.1. The smallest absolute Gasteiger partial charge is 0.181 e. The van der Waals surface area contributed by atoms with Crippen molar-refractivity contribution in [3.8, 4) is 35.0 Å². The van der Waals surface area contributed by atoms with Gasteiger partial charge in [-0.2, -0.15) is 15.8 Å². The fraction of sp³-hybridized carbons (Fsp3) is 0. The Bertz CT molecular complexity index is 2580. The van der Waals surface area contributed by atoms with Gasteiger partial charge in [0.25, 0.3) is 0 Å². The molecule has 232 valence electrons. The number of hydrogen-bond donors (Lipinski definition) is 0. The van der Waals surface area contributed by atoms with Gasteiger partial charge in [-0.1, -0.05) is 127 Å². The predicted molar refractivity (Wildman–Crippen MR) is 204 cm³/mol. The lowest BCUT2D eigenvalue weighted by Gasteiger charge is -2.36. The van der Waals surface area contributed by atoms with E-state index in [9.17, 15) is 15.8 Å². The SMILES string of the molecule is N#Cc1ccc2c(c1)c1ccccc1n2-c1ccc(-c2cccc(C#N)c2[Si](c2ccccc2)(c2ccccc2)c2ccccc2)cc1C#N. The number of para-hydroxylation sites is 1. The highest BCUT2D eigenvalue weighted by Crippen LogP contribution is 2.35. The molecule has 0 fully saturated rings. The van der Waals surface area contributed by atoms with E-state index in [-0.39, 0.29) is 0 Å². The molecule has 0 saturated heterocycles. The molecule has 50 heavy (non-hydrogen) atoms. The molecule has 0 radical (unpaired) electrons. The summed E-state index contributed by atoms with van der Waals surface area (Å²) in [5.74, 6) is 0. The van der Waals surface area contributed by atoms with Gasteiger partial charge in [-0.15, -0.1) is 0 Å². The van der Waals surface area contributed by atoms with E-state index in [1.165, 1.54) is 15.6 Å². The second-order valence-corrected chi connectivity index (χ2v) is 16.0. The fourth-order valence-electron chi connectivity index (χ4n) is 7.58. The highest BCUT2D eigenvalue weighted by atomic mass is 28.3. The van der Waals surface area contributed by atoms with Crippen molar-refractivity contribution >= 4 is 50.6 Å². The zero-order chi connectivity index (χ0) is 34.1. The quantitative estimate of drug-likeness (QED) is 0.138. The molecule has 0 aliphatic heterocycles. The summed E-state index contributed by atoms with van der Waals surface area (Å²) in [6.07, 6.45) is 0. The van der Waals surface area contributed by atoms with Crippen molar-refractivity contribution in [1.29, 1.82) is 15.8 Å². The second kappa shape index (κ2) is 12.6. The average molecular weight is 653 g/mol. The van der Waals surface area contributed by atoms with E-state index < -0.39 is 8.07 Å². The summed E-state index contributed by atoms with van der Waals surface area (Å²) in [7, 11) is -3.11. The molecule has 5 heteroatoms. The largest absolute Gasteiger partial charge is 0.308 e. The number of fused-ring (bicyclic) bond motifs is 3. The maximum absolute atomic E-state index is 10.8. The minimum atomic E-state index is -3.11. The molecule has 0 saturated carbocycles. The molecule has 4 nitrogen and oxygen atoms in total. The third-order valence-corrected chi connectivity index (χ3v) is 14.5. The van der Waals surface area contributed by atoms with E-state index in [4.69, 9.17) is 0 Å². The third kappa shape index (κ3) is 4.72. The van der Waals surface area contributed by atoms with Crippen LogP contribution in [0.1, 0.15) is 16.7 Å². The standard InChI is InChI=1S/C45H28N4Si/c46-29-32-23-25-44-41(27-32)40-20-10-11-22-43(40)49(44)42-26-24-33(28-35(42)31-48)39-21-12-13-34(30-47)45(39)50(36-14-4-1-5-15-36,37-16-6-2-7-17-37)38-18-8-3-9-19-38/h1-28H. The molecule has 0 N–H and O–H groups in total. The lowest BCUT2D eigenvalue weighted by Crippen LogP contribution is -2.75. The van der Waals surface area contributed by atoms with Gasteiger partial charge in [0, 0.05) is 10.8 Å². The molecular weight excluding hydrogens is 625 g/mol. The van der Waals surface area contributed by atoms with Crippen molar-refractivity contribution in [2.45, 2.75) is 0 Å². The Kier molecular flexibility index (Phi) is 7.63. The van der Waals surface area contributed by atoms with Crippen LogP contribution in [0.2, 0.25) is 0 Å². The molecule has 0 aliphatic carbocycles. The van der Waals surface area contributed by atoms with Crippen molar-refractivity contribution in [1.82, 2.24) is 4.57 Å². The molecule has 0 amide bonds. The maximum atomic E-state index is 10.8. The van der Waals surface area contributed by atoms with Gasteiger partial charge in [-0.05, 0) is 74.3 Å². The van der Waals surface area contributed by atoms with Gasteiger partial charge in [-0.3, -0.25) is 0 Å². The van der Waals surface area contributed by atoms with Gasteiger partial charge in [0.1, 0.15) is 6.07 Å². The molecule has 1 aromatic heterocycles. The second-order valence-electron chi connectivity index (χ2n) is 12.2. The summed E-state index contributed by atoms with van der Waals surface area (Å²) in [6.45, 7) is 0. The molecule has 8 aromatic rings. The van der Waals surface area contributed by atoms with Crippen molar-refractivity contribution in [3.05, 3.63) is 187 Å². The van der Waals surface area contributed by atoms with Crippen LogP contribution in [0.5, 0.6) is 0 Å². The van der Waals surface area contributed by atoms with Crippen molar-refractivity contribution in [2.24, 2.45) is 0 Å². The molecule has 0 unspecified atom stereocenters. The highest BCUT2D eigenvalue weighted by molar-refractivity contribution is 7.20. The monoisotopic (exact) mass is 652 g/mol. The van der Waals surface area contributed by atoms with Gasteiger partial charge >= 0.3 is 0 Å². The minimum absolute atomic E-state index is 0.509. The van der Waals surface area contributed by atoms with Gasteiger partial charge < -0.3 is 4.57 Å². The lowest BCUT2D eigenvalue weighted by molar-refractivity contribution is 1.17. The van der Waals surface area contributed by atoms with Crippen LogP contribution in [0.25, 0.3) is 38.6 Å². The van der Waals surface area contributed by atoms with E-state index >= 15 is 0 Å². The molecular formula is C45H28N4Si. The first-order chi connectivity index (χ1) is 24.7.